The maximum Gasteiger partial charge on any atom is 0.338 e. The largest absolute Gasteiger partial charge is 0.462 e. The summed E-state index contributed by atoms with van der Waals surface area (Å²) < 4.78 is 5.06. The van der Waals surface area contributed by atoms with E-state index in [1.165, 1.54) is 27.8 Å². The Morgan fingerprint density at radius 1 is 1.10 bits per heavy atom. The molecule has 0 aromatic heterocycles. The Balaban J connectivity index is 1.95. The molecule has 0 saturated carbocycles. The summed E-state index contributed by atoms with van der Waals surface area (Å²) in [6.07, 6.45) is 7.79. The molecule has 3 rings (SSSR count). The van der Waals surface area contributed by atoms with Crippen LogP contribution < -0.4 is 0 Å². The van der Waals surface area contributed by atoms with Gasteiger partial charge in [0.2, 0.25) is 0 Å². The van der Waals surface area contributed by atoms with E-state index in [2.05, 4.69) is 71.9 Å². The highest BCUT2D eigenvalue weighted by atomic mass is 16.5. The first-order chi connectivity index (χ1) is 14.0. The summed E-state index contributed by atoms with van der Waals surface area (Å²) in [5.74, 6) is -0.275. The molecule has 0 amide bonds. The second-order valence-corrected chi connectivity index (χ2v) is 9.89. The summed E-state index contributed by atoms with van der Waals surface area (Å²) >= 11 is 0. The number of fused-ring (bicyclic) bond motifs is 1. The molecule has 0 saturated heterocycles. The number of rotatable bonds is 4. The number of benzene rings is 2. The van der Waals surface area contributed by atoms with Crippen molar-refractivity contribution < 1.29 is 9.53 Å². The number of carbonyl (C=O) groups is 1. The lowest BCUT2D eigenvalue weighted by Gasteiger charge is -2.37. The van der Waals surface area contributed by atoms with Crippen LogP contribution in [0, 0.1) is 12.3 Å². The van der Waals surface area contributed by atoms with Crippen LogP contribution in [0.15, 0.2) is 42.5 Å². The maximum atomic E-state index is 11.8. The first-order valence-electron chi connectivity index (χ1n) is 10.8. The standard InChI is InChI=1S/C28H34O2/c1-8-30-26(29)21-12-9-20(10-13-21)11-14-22-18-23-24(27(3,4)5)15-16-28(6,7)25(23)17-19(22)2/h9-15,17-18H,8,16H2,1-7H3. The van der Waals surface area contributed by atoms with E-state index in [4.69, 9.17) is 4.74 Å². The summed E-state index contributed by atoms with van der Waals surface area (Å²) in [5, 5.41) is 0. The molecule has 2 heteroatoms. The van der Waals surface area contributed by atoms with Crippen molar-refractivity contribution in [3.8, 4) is 0 Å². The fourth-order valence-electron chi connectivity index (χ4n) is 4.11. The van der Waals surface area contributed by atoms with Crippen LogP contribution in [-0.2, 0) is 10.2 Å². The zero-order chi connectivity index (χ0) is 22.1. The molecule has 2 aromatic carbocycles. The Labute approximate surface area is 181 Å². The first-order valence-corrected chi connectivity index (χ1v) is 10.8. The molecule has 158 valence electrons. The Morgan fingerprint density at radius 3 is 2.37 bits per heavy atom. The Morgan fingerprint density at radius 2 is 1.77 bits per heavy atom. The van der Waals surface area contributed by atoms with Gasteiger partial charge in [0.15, 0.2) is 0 Å². The highest BCUT2D eigenvalue weighted by Gasteiger charge is 2.32. The summed E-state index contributed by atoms with van der Waals surface area (Å²) in [7, 11) is 0. The van der Waals surface area contributed by atoms with Crippen LogP contribution in [0.1, 0.15) is 86.1 Å². The molecule has 0 fully saturated rings. The third-order valence-electron chi connectivity index (χ3n) is 5.93. The molecule has 0 N–H and O–H groups in total. The van der Waals surface area contributed by atoms with Gasteiger partial charge >= 0.3 is 5.97 Å². The van der Waals surface area contributed by atoms with Gasteiger partial charge in [-0.25, -0.2) is 4.79 Å². The molecule has 0 aliphatic heterocycles. The van der Waals surface area contributed by atoms with Gasteiger partial charge in [0, 0.05) is 0 Å². The van der Waals surface area contributed by atoms with E-state index in [0.29, 0.717) is 12.2 Å². The number of allylic oxidation sites excluding steroid dienone is 2. The fourth-order valence-corrected chi connectivity index (χ4v) is 4.11. The van der Waals surface area contributed by atoms with E-state index in [0.717, 1.165) is 12.0 Å². The van der Waals surface area contributed by atoms with Crippen molar-refractivity contribution in [3.63, 3.8) is 0 Å². The molecule has 2 nitrogen and oxygen atoms in total. The Kier molecular flexibility index (Phi) is 6.08. The van der Waals surface area contributed by atoms with Gasteiger partial charge in [0.05, 0.1) is 12.2 Å². The maximum absolute atomic E-state index is 11.8. The molecule has 0 bridgehead atoms. The van der Waals surface area contributed by atoms with E-state index in [1.54, 1.807) is 0 Å². The van der Waals surface area contributed by atoms with Crippen molar-refractivity contribution >= 4 is 23.7 Å². The number of ether oxygens (including phenoxy) is 1. The molecule has 2 aromatic rings. The molecular weight excluding hydrogens is 368 g/mol. The molecule has 0 radical (unpaired) electrons. The monoisotopic (exact) mass is 402 g/mol. The third-order valence-corrected chi connectivity index (χ3v) is 5.93. The molecular formula is C28H34O2. The quantitative estimate of drug-likeness (QED) is 0.392. The van der Waals surface area contributed by atoms with Crippen LogP contribution in [0.5, 0.6) is 0 Å². The van der Waals surface area contributed by atoms with Crippen molar-refractivity contribution in [3.05, 3.63) is 75.9 Å². The minimum atomic E-state index is -0.275. The molecule has 0 spiro atoms. The normalized spacial score (nSPS) is 15.6. The van der Waals surface area contributed by atoms with Gasteiger partial charge in [-0.05, 0) is 82.7 Å². The lowest BCUT2D eigenvalue weighted by molar-refractivity contribution is 0.0526. The molecule has 1 aliphatic rings. The molecule has 30 heavy (non-hydrogen) atoms. The van der Waals surface area contributed by atoms with Gasteiger partial charge in [-0.2, -0.15) is 0 Å². The van der Waals surface area contributed by atoms with Crippen molar-refractivity contribution in [2.75, 3.05) is 6.61 Å². The van der Waals surface area contributed by atoms with E-state index >= 15 is 0 Å². The SMILES string of the molecule is CCOC(=O)c1ccc(C=Cc2cc3c(cc2C)C(C)(C)CC=C3C(C)(C)C)cc1. The summed E-state index contributed by atoms with van der Waals surface area (Å²) in [6, 6.07) is 12.3. The Bertz CT molecular complexity index is 996. The van der Waals surface area contributed by atoms with Crippen molar-refractivity contribution in [2.45, 2.75) is 60.3 Å². The summed E-state index contributed by atoms with van der Waals surface area (Å²) in [5.41, 5.74) is 8.70. The fraction of sp³-hybridized carbons (Fsp3) is 0.393. The van der Waals surface area contributed by atoms with Crippen LogP contribution in [0.2, 0.25) is 0 Å². The van der Waals surface area contributed by atoms with Gasteiger partial charge in [0.25, 0.3) is 0 Å². The number of aryl methyl sites for hydroxylation is 1. The van der Waals surface area contributed by atoms with Crippen LogP contribution in [0.25, 0.3) is 17.7 Å². The van der Waals surface area contributed by atoms with Crippen molar-refractivity contribution in [1.29, 1.82) is 0 Å². The highest BCUT2D eigenvalue weighted by molar-refractivity contribution is 5.90. The molecule has 0 atom stereocenters. The van der Waals surface area contributed by atoms with Gasteiger partial charge in [0.1, 0.15) is 0 Å². The summed E-state index contributed by atoms with van der Waals surface area (Å²) in [6.45, 7) is 15.9. The third kappa shape index (κ3) is 4.59. The molecule has 0 heterocycles. The smallest absolute Gasteiger partial charge is 0.338 e. The predicted molar refractivity (Wildman–Crippen MR) is 128 cm³/mol. The predicted octanol–water partition coefficient (Wildman–Crippen LogP) is 7.45. The molecule has 1 aliphatic carbocycles. The lowest BCUT2D eigenvalue weighted by atomic mass is 9.67. The van der Waals surface area contributed by atoms with Gasteiger partial charge in [-0.3, -0.25) is 0 Å². The number of hydrogen-bond donors (Lipinski definition) is 0. The highest BCUT2D eigenvalue weighted by Crippen LogP contribution is 2.46. The van der Waals surface area contributed by atoms with E-state index in [9.17, 15) is 4.79 Å². The number of carbonyl (C=O) groups excluding carboxylic acids is 1. The van der Waals surface area contributed by atoms with Crippen LogP contribution in [0.4, 0.5) is 0 Å². The van der Waals surface area contributed by atoms with E-state index in [-0.39, 0.29) is 16.8 Å². The van der Waals surface area contributed by atoms with Gasteiger partial charge < -0.3 is 4.74 Å². The zero-order valence-electron chi connectivity index (χ0n) is 19.4. The van der Waals surface area contributed by atoms with Crippen LogP contribution in [-0.4, -0.2) is 12.6 Å². The topological polar surface area (TPSA) is 26.3 Å². The minimum Gasteiger partial charge on any atom is -0.462 e. The van der Waals surface area contributed by atoms with Crippen molar-refractivity contribution in [2.24, 2.45) is 5.41 Å². The van der Waals surface area contributed by atoms with Crippen LogP contribution in [0.3, 0.4) is 0 Å². The average Bonchev–Trinajstić information content (AvgIpc) is 2.66. The summed E-state index contributed by atoms with van der Waals surface area (Å²) in [4.78, 5) is 11.8. The van der Waals surface area contributed by atoms with Gasteiger partial charge in [-0.1, -0.05) is 71.0 Å². The lowest BCUT2D eigenvalue weighted by Crippen LogP contribution is -2.25. The second-order valence-electron chi connectivity index (χ2n) is 9.89. The molecule has 0 unspecified atom stereocenters. The number of esters is 1. The first kappa shape index (κ1) is 22.1. The minimum absolute atomic E-state index is 0.115. The van der Waals surface area contributed by atoms with Gasteiger partial charge in [-0.15, -0.1) is 0 Å². The van der Waals surface area contributed by atoms with Crippen molar-refractivity contribution in [1.82, 2.24) is 0 Å². The van der Waals surface area contributed by atoms with E-state index in [1.807, 2.05) is 31.2 Å². The van der Waals surface area contributed by atoms with E-state index < -0.39 is 0 Å². The average molecular weight is 403 g/mol. The van der Waals surface area contributed by atoms with Crippen LogP contribution >= 0.6 is 0 Å². The zero-order valence-corrected chi connectivity index (χ0v) is 19.4. The Hall–Kier alpha value is -2.61. The second kappa shape index (κ2) is 8.26. The number of hydrogen-bond acceptors (Lipinski definition) is 2.